The van der Waals surface area contributed by atoms with Crippen LogP contribution >= 0.6 is 0 Å². The SMILES string of the molecule is C[C@H]1C=C(CC(F)(F)F)CCC1. The van der Waals surface area contributed by atoms with Gasteiger partial charge in [-0.15, -0.1) is 0 Å². The lowest BCUT2D eigenvalue weighted by Crippen LogP contribution is -2.11. The van der Waals surface area contributed by atoms with Crippen LogP contribution in [0.2, 0.25) is 0 Å². The zero-order valence-corrected chi connectivity index (χ0v) is 7.12. The molecule has 0 fully saturated rings. The van der Waals surface area contributed by atoms with Gasteiger partial charge in [0.25, 0.3) is 0 Å². The fraction of sp³-hybridized carbons (Fsp3) is 0.778. The summed E-state index contributed by atoms with van der Waals surface area (Å²) in [5.74, 6) is 0.330. The number of alkyl halides is 3. The van der Waals surface area contributed by atoms with Crippen LogP contribution in [0, 0.1) is 5.92 Å². The van der Waals surface area contributed by atoms with Crippen LogP contribution < -0.4 is 0 Å². The fourth-order valence-electron chi connectivity index (χ4n) is 1.62. The molecule has 0 unspecified atom stereocenters. The predicted molar refractivity (Wildman–Crippen MR) is 41.8 cm³/mol. The van der Waals surface area contributed by atoms with Gasteiger partial charge in [0.2, 0.25) is 0 Å². The number of hydrogen-bond donors (Lipinski definition) is 0. The zero-order chi connectivity index (χ0) is 9.19. The Morgan fingerprint density at radius 1 is 1.50 bits per heavy atom. The van der Waals surface area contributed by atoms with Crippen LogP contribution in [-0.4, -0.2) is 6.18 Å². The van der Waals surface area contributed by atoms with Gasteiger partial charge in [-0.05, 0) is 25.2 Å². The second-order valence-electron chi connectivity index (χ2n) is 3.49. The van der Waals surface area contributed by atoms with Crippen molar-refractivity contribution in [1.82, 2.24) is 0 Å². The fourth-order valence-corrected chi connectivity index (χ4v) is 1.62. The molecule has 1 aliphatic carbocycles. The van der Waals surface area contributed by atoms with Gasteiger partial charge >= 0.3 is 6.18 Å². The van der Waals surface area contributed by atoms with Crippen LogP contribution in [0.3, 0.4) is 0 Å². The van der Waals surface area contributed by atoms with E-state index in [0.717, 1.165) is 12.8 Å². The Hall–Kier alpha value is -0.470. The number of allylic oxidation sites excluding steroid dienone is 2. The molecular formula is C9H13F3. The summed E-state index contributed by atoms with van der Waals surface area (Å²) >= 11 is 0. The van der Waals surface area contributed by atoms with Crippen molar-refractivity contribution in [2.75, 3.05) is 0 Å². The maximum atomic E-state index is 11.9. The molecule has 0 radical (unpaired) electrons. The van der Waals surface area contributed by atoms with Crippen molar-refractivity contribution in [1.29, 1.82) is 0 Å². The van der Waals surface area contributed by atoms with E-state index in [1.807, 2.05) is 6.92 Å². The minimum Gasteiger partial charge on any atom is -0.171 e. The van der Waals surface area contributed by atoms with E-state index in [0.29, 0.717) is 17.9 Å². The number of rotatable bonds is 1. The van der Waals surface area contributed by atoms with Crippen LogP contribution in [-0.2, 0) is 0 Å². The molecule has 70 valence electrons. The van der Waals surface area contributed by atoms with E-state index in [2.05, 4.69) is 0 Å². The highest BCUT2D eigenvalue weighted by Crippen LogP contribution is 2.31. The molecule has 3 heteroatoms. The van der Waals surface area contributed by atoms with E-state index in [1.165, 1.54) is 0 Å². The van der Waals surface area contributed by atoms with Crippen LogP contribution in [0.25, 0.3) is 0 Å². The van der Waals surface area contributed by atoms with Gasteiger partial charge in [0.15, 0.2) is 0 Å². The van der Waals surface area contributed by atoms with Gasteiger partial charge in [-0.3, -0.25) is 0 Å². The largest absolute Gasteiger partial charge is 0.392 e. The molecule has 1 aliphatic rings. The van der Waals surface area contributed by atoms with Crippen LogP contribution in [0.1, 0.15) is 32.6 Å². The standard InChI is InChI=1S/C9H13F3/c1-7-3-2-4-8(5-7)6-9(10,11)12/h5,7H,2-4,6H2,1H3/t7-/m1/s1. The Labute approximate surface area is 70.5 Å². The molecule has 0 nitrogen and oxygen atoms in total. The first-order valence-electron chi connectivity index (χ1n) is 4.24. The molecule has 0 aromatic carbocycles. The Balaban J connectivity index is 2.52. The van der Waals surface area contributed by atoms with Crippen molar-refractivity contribution in [3.63, 3.8) is 0 Å². The van der Waals surface area contributed by atoms with Gasteiger partial charge in [-0.1, -0.05) is 18.6 Å². The summed E-state index contributed by atoms with van der Waals surface area (Å²) in [4.78, 5) is 0. The van der Waals surface area contributed by atoms with Crippen molar-refractivity contribution < 1.29 is 13.2 Å². The third kappa shape index (κ3) is 3.28. The van der Waals surface area contributed by atoms with Gasteiger partial charge in [0.1, 0.15) is 0 Å². The lowest BCUT2D eigenvalue weighted by molar-refractivity contribution is -0.127. The Bertz CT molecular complexity index is 179. The van der Waals surface area contributed by atoms with Crippen molar-refractivity contribution in [3.8, 4) is 0 Å². The maximum Gasteiger partial charge on any atom is 0.392 e. The van der Waals surface area contributed by atoms with Gasteiger partial charge in [-0.2, -0.15) is 13.2 Å². The van der Waals surface area contributed by atoms with Crippen molar-refractivity contribution in [2.24, 2.45) is 5.92 Å². The summed E-state index contributed by atoms with van der Waals surface area (Å²) in [6.07, 6.45) is -0.397. The highest BCUT2D eigenvalue weighted by atomic mass is 19.4. The summed E-state index contributed by atoms with van der Waals surface area (Å²) in [7, 11) is 0. The molecule has 0 spiro atoms. The quantitative estimate of drug-likeness (QED) is 0.537. The van der Waals surface area contributed by atoms with E-state index >= 15 is 0 Å². The molecule has 12 heavy (non-hydrogen) atoms. The number of halogens is 3. The molecule has 1 atom stereocenters. The van der Waals surface area contributed by atoms with Gasteiger partial charge in [0.05, 0.1) is 6.42 Å². The molecule has 0 heterocycles. The normalized spacial score (nSPS) is 25.3. The second kappa shape index (κ2) is 3.50. The smallest absolute Gasteiger partial charge is 0.171 e. The Kier molecular flexibility index (Phi) is 2.80. The molecule has 0 bridgehead atoms. The van der Waals surface area contributed by atoms with E-state index < -0.39 is 12.6 Å². The summed E-state index contributed by atoms with van der Waals surface area (Å²) in [5.41, 5.74) is 0.571. The third-order valence-corrected chi connectivity index (χ3v) is 2.11. The predicted octanol–water partition coefficient (Wildman–Crippen LogP) is 3.69. The molecule has 0 saturated heterocycles. The first-order valence-corrected chi connectivity index (χ1v) is 4.24. The average molecular weight is 178 g/mol. The minimum absolute atomic E-state index is 0.330. The highest BCUT2D eigenvalue weighted by molar-refractivity contribution is 5.08. The summed E-state index contributed by atoms with van der Waals surface area (Å²) in [6, 6.07) is 0. The minimum atomic E-state index is -4.02. The molecule has 0 aromatic heterocycles. The molecule has 0 aliphatic heterocycles. The Morgan fingerprint density at radius 2 is 2.17 bits per heavy atom. The topological polar surface area (TPSA) is 0 Å². The average Bonchev–Trinajstić information content (AvgIpc) is 1.82. The summed E-state index contributed by atoms with van der Waals surface area (Å²) in [5, 5.41) is 0. The molecule has 0 amide bonds. The Morgan fingerprint density at radius 3 is 2.67 bits per heavy atom. The molecule has 0 N–H and O–H groups in total. The number of hydrogen-bond acceptors (Lipinski definition) is 0. The zero-order valence-electron chi connectivity index (χ0n) is 7.12. The monoisotopic (exact) mass is 178 g/mol. The lowest BCUT2D eigenvalue weighted by Gasteiger charge is -2.18. The van der Waals surface area contributed by atoms with E-state index in [4.69, 9.17) is 0 Å². The van der Waals surface area contributed by atoms with Crippen molar-refractivity contribution in [2.45, 2.75) is 38.8 Å². The van der Waals surface area contributed by atoms with Gasteiger partial charge in [-0.25, -0.2) is 0 Å². The first kappa shape index (κ1) is 9.62. The van der Waals surface area contributed by atoms with Crippen molar-refractivity contribution >= 4 is 0 Å². The van der Waals surface area contributed by atoms with Gasteiger partial charge < -0.3 is 0 Å². The first-order chi connectivity index (χ1) is 5.47. The molecule has 0 aromatic rings. The highest BCUT2D eigenvalue weighted by Gasteiger charge is 2.29. The second-order valence-corrected chi connectivity index (χ2v) is 3.49. The van der Waals surface area contributed by atoms with Crippen LogP contribution in [0.4, 0.5) is 13.2 Å². The van der Waals surface area contributed by atoms with E-state index in [1.54, 1.807) is 6.08 Å². The van der Waals surface area contributed by atoms with E-state index in [9.17, 15) is 13.2 Å². The molecule has 1 rings (SSSR count). The van der Waals surface area contributed by atoms with Crippen LogP contribution in [0.15, 0.2) is 11.6 Å². The molecule has 0 saturated carbocycles. The molecular weight excluding hydrogens is 165 g/mol. The summed E-state index contributed by atoms with van der Waals surface area (Å²) < 4.78 is 35.8. The lowest BCUT2D eigenvalue weighted by atomic mass is 9.90. The van der Waals surface area contributed by atoms with Crippen LogP contribution in [0.5, 0.6) is 0 Å². The van der Waals surface area contributed by atoms with Crippen molar-refractivity contribution in [3.05, 3.63) is 11.6 Å². The van der Waals surface area contributed by atoms with Gasteiger partial charge in [0, 0.05) is 0 Å². The van der Waals surface area contributed by atoms with E-state index in [-0.39, 0.29) is 0 Å². The maximum absolute atomic E-state index is 11.9. The summed E-state index contributed by atoms with van der Waals surface area (Å²) in [6.45, 7) is 1.97. The third-order valence-electron chi connectivity index (χ3n) is 2.11.